The Hall–Kier alpha value is -2.54. The first-order valence-electron chi connectivity index (χ1n) is 9.11. The molecule has 0 saturated heterocycles. The van der Waals surface area contributed by atoms with Crippen LogP contribution in [0.5, 0.6) is 11.5 Å². The van der Waals surface area contributed by atoms with Crippen molar-refractivity contribution in [1.82, 2.24) is 5.32 Å². The SMILES string of the molecule is C#CCOc1ccc(CCNC(=O)C(OCC#C)c2cc(Cl)cc(Cl)c2Cl)cc1OC. The van der Waals surface area contributed by atoms with E-state index in [1.165, 1.54) is 19.2 Å². The van der Waals surface area contributed by atoms with Crippen LogP contribution in [0, 0.1) is 24.7 Å². The molecule has 5 nitrogen and oxygen atoms in total. The molecule has 2 rings (SSSR count). The van der Waals surface area contributed by atoms with E-state index in [0.29, 0.717) is 35.1 Å². The number of hydrogen-bond donors (Lipinski definition) is 1. The Balaban J connectivity index is 2.08. The van der Waals surface area contributed by atoms with Crippen molar-refractivity contribution in [2.24, 2.45) is 0 Å². The third kappa shape index (κ3) is 6.99. The normalized spacial score (nSPS) is 11.2. The van der Waals surface area contributed by atoms with Crippen molar-refractivity contribution in [3.63, 3.8) is 0 Å². The number of halogens is 3. The highest BCUT2D eigenvalue weighted by Crippen LogP contribution is 2.35. The molecule has 8 heteroatoms. The number of rotatable bonds is 10. The molecule has 0 bridgehead atoms. The average molecular weight is 481 g/mol. The van der Waals surface area contributed by atoms with Gasteiger partial charge in [-0.05, 0) is 36.2 Å². The number of terminal acetylenes is 2. The number of hydrogen-bond acceptors (Lipinski definition) is 4. The van der Waals surface area contributed by atoms with Gasteiger partial charge in [-0.3, -0.25) is 4.79 Å². The molecule has 0 aliphatic carbocycles. The number of nitrogens with one attached hydrogen (secondary N) is 1. The minimum absolute atomic E-state index is 0.0884. The number of carbonyl (C=O) groups is 1. The molecule has 0 aromatic heterocycles. The first-order chi connectivity index (χ1) is 14.9. The second-order valence-electron chi connectivity index (χ2n) is 6.21. The fourth-order valence-corrected chi connectivity index (χ4v) is 3.45. The summed E-state index contributed by atoms with van der Waals surface area (Å²) in [5.41, 5.74) is 1.26. The first kappa shape index (κ1) is 24.7. The largest absolute Gasteiger partial charge is 0.493 e. The summed E-state index contributed by atoms with van der Waals surface area (Å²) in [7, 11) is 1.54. The number of carbonyl (C=O) groups excluding carboxylic acids is 1. The maximum atomic E-state index is 12.8. The van der Waals surface area contributed by atoms with Gasteiger partial charge in [0.05, 0.1) is 17.2 Å². The summed E-state index contributed by atoms with van der Waals surface area (Å²) in [6.45, 7) is 0.379. The minimum Gasteiger partial charge on any atom is -0.493 e. The van der Waals surface area contributed by atoms with Gasteiger partial charge in [-0.15, -0.1) is 12.8 Å². The average Bonchev–Trinajstić information content (AvgIpc) is 2.76. The molecule has 0 radical (unpaired) electrons. The van der Waals surface area contributed by atoms with E-state index in [1.54, 1.807) is 6.07 Å². The van der Waals surface area contributed by atoms with Gasteiger partial charge in [-0.2, -0.15) is 0 Å². The van der Waals surface area contributed by atoms with Crippen molar-refractivity contribution in [3.05, 3.63) is 56.5 Å². The lowest BCUT2D eigenvalue weighted by Gasteiger charge is -2.19. The zero-order chi connectivity index (χ0) is 22.8. The molecule has 31 heavy (non-hydrogen) atoms. The number of amides is 1. The van der Waals surface area contributed by atoms with Gasteiger partial charge in [0, 0.05) is 17.1 Å². The van der Waals surface area contributed by atoms with E-state index in [1.807, 2.05) is 12.1 Å². The van der Waals surface area contributed by atoms with E-state index in [0.717, 1.165) is 5.56 Å². The first-order valence-corrected chi connectivity index (χ1v) is 10.2. The molecule has 0 aliphatic rings. The van der Waals surface area contributed by atoms with Crippen molar-refractivity contribution < 1.29 is 19.0 Å². The third-order valence-electron chi connectivity index (χ3n) is 4.13. The van der Waals surface area contributed by atoms with Gasteiger partial charge < -0.3 is 19.5 Å². The van der Waals surface area contributed by atoms with Crippen molar-refractivity contribution in [2.45, 2.75) is 12.5 Å². The summed E-state index contributed by atoms with van der Waals surface area (Å²) >= 11 is 18.4. The van der Waals surface area contributed by atoms with Crippen LogP contribution in [0.25, 0.3) is 0 Å². The lowest BCUT2D eigenvalue weighted by molar-refractivity contribution is -0.132. The maximum Gasteiger partial charge on any atom is 0.253 e. The highest BCUT2D eigenvalue weighted by atomic mass is 35.5. The van der Waals surface area contributed by atoms with Crippen molar-refractivity contribution >= 4 is 40.7 Å². The predicted molar refractivity (Wildman–Crippen MR) is 123 cm³/mol. The van der Waals surface area contributed by atoms with E-state index >= 15 is 0 Å². The fourth-order valence-electron chi connectivity index (χ4n) is 2.73. The van der Waals surface area contributed by atoms with Crippen LogP contribution < -0.4 is 14.8 Å². The van der Waals surface area contributed by atoms with E-state index in [9.17, 15) is 4.79 Å². The number of benzene rings is 2. The van der Waals surface area contributed by atoms with Crippen LogP contribution in [-0.2, 0) is 16.0 Å². The molecule has 1 unspecified atom stereocenters. The molecule has 2 aromatic carbocycles. The van der Waals surface area contributed by atoms with Crippen LogP contribution in [0.1, 0.15) is 17.2 Å². The Morgan fingerprint density at radius 1 is 1.10 bits per heavy atom. The monoisotopic (exact) mass is 479 g/mol. The molecular weight excluding hydrogens is 461 g/mol. The Morgan fingerprint density at radius 3 is 2.52 bits per heavy atom. The van der Waals surface area contributed by atoms with Gasteiger partial charge in [-0.25, -0.2) is 0 Å². The molecule has 0 saturated carbocycles. The van der Waals surface area contributed by atoms with Crippen molar-refractivity contribution in [1.29, 1.82) is 0 Å². The molecule has 2 aromatic rings. The summed E-state index contributed by atoms with van der Waals surface area (Å²) in [6, 6.07) is 8.45. The van der Waals surface area contributed by atoms with Crippen LogP contribution in [0.3, 0.4) is 0 Å². The maximum absolute atomic E-state index is 12.8. The van der Waals surface area contributed by atoms with Crippen LogP contribution >= 0.6 is 34.8 Å². The second-order valence-corrected chi connectivity index (χ2v) is 7.43. The molecule has 1 N–H and O–H groups in total. The predicted octanol–water partition coefficient (Wildman–Crippen LogP) is 4.72. The van der Waals surface area contributed by atoms with E-state index in [4.69, 9.17) is 61.9 Å². The molecule has 1 amide bonds. The smallest absolute Gasteiger partial charge is 0.253 e. The van der Waals surface area contributed by atoms with Crippen molar-refractivity contribution in [2.75, 3.05) is 26.9 Å². The fraction of sp³-hybridized carbons (Fsp3) is 0.261. The number of ether oxygens (including phenoxy) is 3. The molecule has 0 spiro atoms. The van der Waals surface area contributed by atoms with Gasteiger partial charge in [0.2, 0.25) is 0 Å². The Labute approximate surface area is 196 Å². The summed E-state index contributed by atoms with van der Waals surface area (Å²) < 4.78 is 16.3. The molecule has 162 valence electrons. The second kappa shape index (κ2) is 12.3. The van der Waals surface area contributed by atoms with Crippen LogP contribution in [-0.4, -0.2) is 32.8 Å². The Bertz CT molecular complexity index is 1010. The number of methoxy groups -OCH3 is 1. The van der Waals surface area contributed by atoms with Gasteiger partial charge in [0.15, 0.2) is 17.6 Å². The molecule has 1 atom stereocenters. The van der Waals surface area contributed by atoms with Gasteiger partial charge in [0.25, 0.3) is 5.91 Å². The summed E-state index contributed by atoms with van der Waals surface area (Å²) in [5, 5.41) is 3.53. The molecule has 0 fully saturated rings. The van der Waals surface area contributed by atoms with E-state index < -0.39 is 12.0 Å². The van der Waals surface area contributed by atoms with E-state index in [-0.39, 0.29) is 23.3 Å². The van der Waals surface area contributed by atoms with Crippen LogP contribution in [0.4, 0.5) is 0 Å². The summed E-state index contributed by atoms with van der Waals surface area (Å²) in [6.07, 6.45) is 9.96. The lowest BCUT2D eigenvalue weighted by Crippen LogP contribution is -2.32. The van der Waals surface area contributed by atoms with Gasteiger partial charge in [0.1, 0.15) is 13.2 Å². The highest BCUT2D eigenvalue weighted by molar-refractivity contribution is 6.43. The molecular formula is C23H20Cl3NO4. The van der Waals surface area contributed by atoms with Crippen molar-refractivity contribution in [3.8, 4) is 36.2 Å². The molecule has 0 heterocycles. The Morgan fingerprint density at radius 2 is 1.84 bits per heavy atom. The highest BCUT2D eigenvalue weighted by Gasteiger charge is 2.25. The van der Waals surface area contributed by atoms with E-state index in [2.05, 4.69) is 17.2 Å². The topological polar surface area (TPSA) is 56.8 Å². The quantitative estimate of drug-likeness (QED) is 0.395. The third-order valence-corrected chi connectivity index (χ3v) is 5.16. The minimum atomic E-state index is -1.06. The summed E-state index contributed by atoms with van der Waals surface area (Å²) in [5.74, 6) is 5.41. The standard InChI is InChI=1S/C23H20Cl3NO4/c1-4-10-30-19-7-6-15(12-20(19)29-3)8-9-27-23(28)22(31-11-5-2)17-13-16(24)14-18(25)21(17)26/h1-2,6-7,12-14,22H,8-11H2,3H3,(H,27,28). The van der Waals surface area contributed by atoms with Gasteiger partial charge in [-0.1, -0.05) is 52.7 Å². The molecule has 0 aliphatic heterocycles. The lowest BCUT2D eigenvalue weighted by atomic mass is 10.1. The zero-order valence-corrected chi connectivity index (χ0v) is 19.0. The Kier molecular flexibility index (Phi) is 9.85. The summed E-state index contributed by atoms with van der Waals surface area (Å²) in [4.78, 5) is 12.8. The van der Waals surface area contributed by atoms with Crippen LogP contribution in [0.15, 0.2) is 30.3 Å². The zero-order valence-electron chi connectivity index (χ0n) is 16.7. The van der Waals surface area contributed by atoms with Gasteiger partial charge >= 0.3 is 0 Å². The van der Waals surface area contributed by atoms with Crippen LogP contribution in [0.2, 0.25) is 15.1 Å².